The maximum atomic E-state index is 13.1. The zero-order chi connectivity index (χ0) is 18.9. The lowest BCUT2D eigenvalue weighted by Crippen LogP contribution is -2.33. The second-order valence-corrected chi connectivity index (χ2v) is 6.85. The maximum absolute atomic E-state index is 13.1. The van der Waals surface area contributed by atoms with Crippen LogP contribution in [0.25, 0.3) is 5.65 Å². The quantitative estimate of drug-likeness (QED) is 0.593. The lowest BCUT2D eigenvalue weighted by atomic mass is 9.87. The molecule has 5 rings (SSSR count). The molecule has 2 aromatic carbocycles. The molecule has 0 radical (unpaired) electrons. The first-order chi connectivity index (χ1) is 13.8. The van der Waals surface area contributed by atoms with Crippen molar-refractivity contribution in [3.05, 3.63) is 95.9 Å². The Labute approximate surface area is 162 Å². The molecule has 0 fully saturated rings. The number of benzene rings is 2. The Balaban J connectivity index is 1.35. The molecule has 2 aromatic heterocycles. The van der Waals surface area contributed by atoms with Crippen LogP contribution in [-0.4, -0.2) is 21.8 Å². The van der Waals surface area contributed by atoms with Gasteiger partial charge in [0.25, 0.3) is 0 Å². The van der Waals surface area contributed by atoms with Gasteiger partial charge in [-0.1, -0.05) is 42.5 Å². The molecule has 0 unspecified atom stereocenters. The number of carbonyl (C=O) groups excluding carboxylic acids is 1. The minimum Gasteiger partial charge on any atom is -0.457 e. The van der Waals surface area contributed by atoms with E-state index in [1.807, 2.05) is 83.5 Å². The number of ether oxygens (including phenoxy) is 1. The van der Waals surface area contributed by atoms with Crippen LogP contribution in [0.3, 0.4) is 0 Å². The molecule has 0 bridgehead atoms. The molecule has 5 heteroatoms. The van der Waals surface area contributed by atoms with Crippen LogP contribution >= 0.6 is 0 Å². The van der Waals surface area contributed by atoms with Crippen LogP contribution in [0.15, 0.2) is 79.1 Å². The number of amides is 1. The Morgan fingerprint density at radius 2 is 1.64 bits per heavy atom. The van der Waals surface area contributed by atoms with Gasteiger partial charge in [0.05, 0.1) is 11.6 Å². The Bertz CT molecular complexity index is 1090. The average Bonchev–Trinajstić information content (AvgIpc) is 3.14. The van der Waals surface area contributed by atoms with Crippen molar-refractivity contribution in [1.29, 1.82) is 0 Å². The Hall–Kier alpha value is -3.60. The van der Waals surface area contributed by atoms with Crippen molar-refractivity contribution in [2.45, 2.75) is 12.3 Å². The van der Waals surface area contributed by atoms with Crippen LogP contribution in [0.2, 0.25) is 0 Å². The number of nitrogens with zero attached hydrogens (tertiary/aromatic N) is 2. The molecule has 0 atom stereocenters. The molecule has 138 valence electrons. The Morgan fingerprint density at radius 1 is 0.964 bits per heavy atom. The largest absolute Gasteiger partial charge is 0.457 e. The molecule has 0 saturated heterocycles. The van der Waals surface area contributed by atoms with Gasteiger partial charge in [-0.2, -0.15) is 0 Å². The van der Waals surface area contributed by atoms with E-state index >= 15 is 0 Å². The highest BCUT2D eigenvalue weighted by molar-refractivity contribution is 5.89. The fourth-order valence-electron chi connectivity index (χ4n) is 3.72. The monoisotopic (exact) mass is 369 g/mol. The van der Waals surface area contributed by atoms with E-state index in [9.17, 15) is 4.79 Å². The Kier molecular flexibility index (Phi) is 4.05. The summed E-state index contributed by atoms with van der Waals surface area (Å²) in [6, 6.07) is 21.3. The van der Waals surface area contributed by atoms with Crippen molar-refractivity contribution >= 4 is 11.6 Å². The Morgan fingerprint density at radius 3 is 2.36 bits per heavy atom. The van der Waals surface area contributed by atoms with Crippen molar-refractivity contribution in [1.82, 2.24) is 14.7 Å². The maximum Gasteiger partial charge on any atom is 0.232 e. The van der Waals surface area contributed by atoms with E-state index < -0.39 is 0 Å². The van der Waals surface area contributed by atoms with Crippen LogP contribution in [0.1, 0.15) is 22.7 Å². The number of fused-ring (bicyclic) bond motifs is 3. The summed E-state index contributed by atoms with van der Waals surface area (Å²) in [5, 5.41) is 3.08. The number of nitrogens with one attached hydrogen (secondary N) is 1. The summed E-state index contributed by atoms with van der Waals surface area (Å²) in [5.74, 6) is 1.08. The van der Waals surface area contributed by atoms with Gasteiger partial charge in [-0.05, 0) is 24.3 Å². The molecule has 0 saturated carbocycles. The minimum atomic E-state index is -0.373. The summed E-state index contributed by atoms with van der Waals surface area (Å²) in [6.07, 6.45) is 4.65. The third-order valence-corrected chi connectivity index (χ3v) is 5.04. The fourth-order valence-corrected chi connectivity index (χ4v) is 3.72. The lowest BCUT2D eigenvalue weighted by Gasteiger charge is -2.27. The normalized spacial score (nSPS) is 12.9. The SMILES string of the molecule is O=C(NCCc1cn2ccccc2n1)C1c2ccccc2Oc2ccccc21. The number of rotatable bonds is 4. The van der Waals surface area contributed by atoms with Crippen molar-refractivity contribution < 1.29 is 9.53 Å². The van der Waals surface area contributed by atoms with Crippen LogP contribution < -0.4 is 10.1 Å². The number of imidazole rings is 1. The molecular formula is C23H19N3O2. The van der Waals surface area contributed by atoms with Crippen LogP contribution in [-0.2, 0) is 11.2 Å². The molecule has 28 heavy (non-hydrogen) atoms. The third-order valence-electron chi connectivity index (χ3n) is 5.04. The number of para-hydroxylation sites is 2. The molecule has 1 aliphatic heterocycles. The molecule has 5 nitrogen and oxygen atoms in total. The molecule has 4 aromatic rings. The van der Waals surface area contributed by atoms with Gasteiger partial charge < -0.3 is 14.5 Å². The first-order valence-corrected chi connectivity index (χ1v) is 9.35. The molecule has 0 aliphatic carbocycles. The van der Waals surface area contributed by atoms with Gasteiger partial charge in [-0.15, -0.1) is 0 Å². The second-order valence-electron chi connectivity index (χ2n) is 6.85. The predicted molar refractivity (Wildman–Crippen MR) is 107 cm³/mol. The summed E-state index contributed by atoms with van der Waals surface area (Å²) in [6.45, 7) is 0.532. The number of aromatic nitrogens is 2. The van der Waals surface area contributed by atoms with Gasteiger partial charge in [-0.25, -0.2) is 4.98 Å². The molecule has 3 heterocycles. The van der Waals surface area contributed by atoms with Crippen molar-refractivity contribution in [3.8, 4) is 11.5 Å². The van der Waals surface area contributed by atoms with E-state index in [1.54, 1.807) is 0 Å². The predicted octanol–water partition coefficient (Wildman–Crippen LogP) is 3.93. The topological polar surface area (TPSA) is 55.6 Å². The van der Waals surface area contributed by atoms with E-state index in [4.69, 9.17) is 4.74 Å². The zero-order valence-electron chi connectivity index (χ0n) is 15.2. The fraction of sp³-hybridized carbons (Fsp3) is 0.130. The molecule has 1 N–H and O–H groups in total. The highest BCUT2D eigenvalue weighted by atomic mass is 16.5. The second kappa shape index (κ2) is 6.85. The lowest BCUT2D eigenvalue weighted by molar-refractivity contribution is -0.121. The summed E-state index contributed by atoms with van der Waals surface area (Å²) in [7, 11) is 0. The van der Waals surface area contributed by atoms with Crippen LogP contribution in [0.4, 0.5) is 0 Å². The molecular weight excluding hydrogens is 350 g/mol. The first-order valence-electron chi connectivity index (χ1n) is 9.35. The van der Waals surface area contributed by atoms with Gasteiger partial charge in [0.1, 0.15) is 17.1 Å². The number of carbonyl (C=O) groups is 1. The van der Waals surface area contributed by atoms with Gasteiger partial charge in [0, 0.05) is 36.5 Å². The van der Waals surface area contributed by atoms with E-state index in [2.05, 4.69) is 10.3 Å². The van der Waals surface area contributed by atoms with Gasteiger partial charge in [0.2, 0.25) is 5.91 Å². The molecule has 0 spiro atoms. The summed E-state index contributed by atoms with van der Waals surface area (Å²) in [5.41, 5.74) is 3.66. The highest BCUT2D eigenvalue weighted by Gasteiger charge is 2.32. The highest BCUT2D eigenvalue weighted by Crippen LogP contribution is 2.43. The van der Waals surface area contributed by atoms with Crippen molar-refractivity contribution in [2.24, 2.45) is 0 Å². The summed E-state index contributed by atoms with van der Waals surface area (Å²) < 4.78 is 7.96. The van der Waals surface area contributed by atoms with Crippen LogP contribution in [0.5, 0.6) is 11.5 Å². The van der Waals surface area contributed by atoms with E-state index in [0.29, 0.717) is 13.0 Å². The molecule has 1 amide bonds. The van der Waals surface area contributed by atoms with Crippen molar-refractivity contribution in [2.75, 3.05) is 6.54 Å². The number of hydrogen-bond donors (Lipinski definition) is 1. The third kappa shape index (κ3) is 2.91. The molecule has 1 aliphatic rings. The summed E-state index contributed by atoms with van der Waals surface area (Å²) >= 11 is 0. The average molecular weight is 369 g/mol. The van der Waals surface area contributed by atoms with Gasteiger partial charge >= 0.3 is 0 Å². The van der Waals surface area contributed by atoms with Gasteiger partial charge in [-0.3, -0.25) is 4.79 Å². The standard InChI is InChI=1S/C23H19N3O2/c27-23(24-13-12-16-15-26-14-6-5-11-21(26)25-16)22-17-7-1-3-9-19(17)28-20-10-4-2-8-18(20)22/h1-11,14-15,22H,12-13H2,(H,24,27). The van der Waals surface area contributed by atoms with Gasteiger partial charge in [0.15, 0.2) is 0 Å². The van der Waals surface area contributed by atoms with Crippen molar-refractivity contribution in [3.63, 3.8) is 0 Å². The van der Waals surface area contributed by atoms with E-state index in [-0.39, 0.29) is 11.8 Å². The first kappa shape index (κ1) is 16.6. The minimum absolute atomic E-state index is 0.0213. The van der Waals surface area contributed by atoms with Crippen LogP contribution in [0, 0.1) is 0 Å². The number of pyridine rings is 1. The van der Waals surface area contributed by atoms with E-state index in [0.717, 1.165) is 34.0 Å². The zero-order valence-corrected chi connectivity index (χ0v) is 15.2. The smallest absolute Gasteiger partial charge is 0.232 e. The number of hydrogen-bond acceptors (Lipinski definition) is 3. The van der Waals surface area contributed by atoms with E-state index in [1.165, 1.54) is 0 Å². The summed E-state index contributed by atoms with van der Waals surface area (Å²) in [4.78, 5) is 17.7.